The Morgan fingerprint density at radius 2 is 2.04 bits per heavy atom. The summed E-state index contributed by atoms with van der Waals surface area (Å²) in [4.78, 5) is 14.8. The molecule has 1 amide bonds. The van der Waals surface area contributed by atoms with Gasteiger partial charge in [0, 0.05) is 25.2 Å². The van der Waals surface area contributed by atoms with Crippen LogP contribution in [0.5, 0.6) is 5.75 Å². The third-order valence-corrected chi connectivity index (χ3v) is 5.05. The minimum Gasteiger partial charge on any atom is -0.495 e. The molecule has 1 aliphatic heterocycles. The van der Waals surface area contributed by atoms with Crippen LogP contribution in [0.1, 0.15) is 33.9 Å². The number of hydrogen-bond acceptors (Lipinski definition) is 4. The van der Waals surface area contributed by atoms with Gasteiger partial charge in [-0.05, 0) is 45.2 Å². The van der Waals surface area contributed by atoms with E-state index in [9.17, 15) is 4.79 Å². The first-order valence-electron chi connectivity index (χ1n) is 8.74. The highest BCUT2D eigenvalue weighted by Crippen LogP contribution is 2.31. The van der Waals surface area contributed by atoms with Gasteiger partial charge < -0.3 is 19.4 Å². The number of carbonyl (C=O) groups is 1. The first kappa shape index (κ1) is 17.4. The summed E-state index contributed by atoms with van der Waals surface area (Å²) in [6, 6.07) is 8.07. The molecule has 1 aromatic carbocycles. The van der Waals surface area contributed by atoms with Gasteiger partial charge in [0.05, 0.1) is 18.4 Å². The second-order valence-electron chi connectivity index (χ2n) is 6.70. The van der Waals surface area contributed by atoms with Crippen molar-refractivity contribution in [2.24, 2.45) is 5.92 Å². The summed E-state index contributed by atoms with van der Waals surface area (Å²) in [5.74, 6) is 2.79. The SMILES string of the molecule is COc1ccccc1N1CCC(CNC(=O)c2c(C)oc(C)c2C)C1. The normalized spacial score (nSPS) is 17.0. The van der Waals surface area contributed by atoms with Crippen LogP contribution in [0, 0.1) is 26.7 Å². The van der Waals surface area contributed by atoms with Gasteiger partial charge in [-0.25, -0.2) is 0 Å². The van der Waals surface area contributed by atoms with Crippen LogP contribution in [0.25, 0.3) is 0 Å². The molecule has 1 N–H and O–H groups in total. The summed E-state index contributed by atoms with van der Waals surface area (Å²) in [7, 11) is 1.70. The molecule has 1 fully saturated rings. The van der Waals surface area contributed by atoms with Gasteiger partial charge >= 0.3 is 0 Å². The standard InChI is InChI=1S/C20H26N2O3/c1-13-14(2)25-15(3)19(13)20(23)21-11-16-9-10-22(12-16)17-7-5-6-8-18(17)24-4/h5-8,16H,9-12H2,1-4H3,(H,21,23). The van der Waals surface area contributed by atoms with Crippen molar-refractivity contribution in [1.29, 1.82) is 0 Å². The third kappa shape index (κ3) is 3.50. The molecule has 0 saturated carbocycles. The average molecular weight is 342 g/mol. The van der Waals surface area contributed by atoms with E-state index >= 15 is 0 Å². The molecule has 2 aromatic rings. The van der Waals surface area contributed by atoms with E-state index < -0.39 is 0 Å². The zero-order chi connectivity index (χ0) is 18.0. The van der Waals surface area contributed by atoms with Crippen LogP contribution in [-0.4, -0.2) is 32.7 Å². The summed E-state index contributed by atoms with van der Waals surface area (Å²) in [6.45, 7) is 8.23. The summed E-state index contributed by atoms with van der Waals surface area (Å²) >= 11 is 0. The number of anilines is 1. The number of amides is 1. The molecule has 25 heavy (non-hydrogen) atoms. The Balaban J connectivity index is 1.59. The van der Waals surface area contributed by atoms with Crippen LogP contribution in [0.4, 0.5) is 5.69 Å². The van der Waals surface area contributed by atoms with Crippen LogP contribution < -0.4 is 15.0 Å². The molecular formula is C20H26N2O3. The molecule has 0 aliphatic carbocycles. The van der Waals surface area contributed by atoms with Gasteiger partial charge in [0.25, 0.3) is 5.91 Å². The maximum absolute atomic E-state index is 12.5. The van der Waals surface area contributed by atoms with Gasteiger partial charge in [0.1, 0.15) is 17.3 Å². The quantitative estimate of drug-likeness (QED) is 0.904. The topological polar surface area (TPSA) is 54.7 Å². The molecule has 134 valence electrons. The Kier molecular flexibility index (Phi) is 5.02. The van der Waals surface area contributed by atoms with Gasteiger partial charge in [0.15, 0.2) is 0 Å². The molecule has 0 spiro atoms. The minimum atomic E-state index is -0.0393. The first-order chi connectivity index (χ1) is 12.0. The number of aryl methyl sites for hydroxylation is 2. The van der Waals surface area contributed by atoms with Gasteiger partial charge in [-0.1, -0.05) is 12.1 Å². The van der Waals surface area contributed by atoms with Crippen molar-refractivity contribution in [2.45, 2.75) is 27.2 Å². The largest absolute Gasteiger partial charge is 0.495 e. The lowest BCUT2D eigenvalue weighted by atomic mass is 10.1. The molecule has 0 bridgehead atoms. The van der Waals surface area contributed by atoms with Gasteiger partial charge in [0.2, 0.25) is 0 Å². The number of ether oxygens (including phenoxy) is 1. The number of furan rings is 1. The number of carbonyl (C=O) groups excluding carboxylic acids is 1. The monoisotopic (exact) mass is 342 g/mol. The first-order valence-corrected chi connectivity index (χ1v) is 8.74. The summed E-state index contributed by atoms with van der Waals surface area (Å²) in [5, 5.41) is 3.08. The van der Waals surface area contributed by atoms with E-state index in [1.807, 2.05) is 39.0 Å². The predicted octanol–water partition coefficient (Wildman–Crippen LogP) is 3.47. The molecule has 1 aliphatic rings. The molecule has 1 atom stereocenters. The lowest BCUT2D eigenvalue weighted by molar-refractivity contribution is 0.0946. The number of rotatable bonds is 5. The van der Waals surface area contributed by atoms with E-state index in [0.29, 0.717) is 23.8 Å². The smallest absolute Gasteiger partial charge is 0.255 e. The Morgan fingerprint density at radius 3 is 2.72 bits per heavy atom. The summed E-state index contributed by atoms with van der Waals surface area (Å²) in [5.41, 5.74) is 2.73. The fourth-order valence-electron chi connectivity index (χ4n) is 3.56. The number of methoxy groups -OCH3 is 1. The molecule has 5 nitrogen and oxygen atoms in total. The third-order valence-electron chi connectivity index (χ3n) is 5.05. The van der Waals surface area contributed by atoms with Crippen LogP contribution >= 0.6 is 0 Å². The van der Waals surface area contributed by atoms with Crippen molar-refractivity contribution in [3.63, 3.8) is 0 Å². The number of para-hydroxylation sites is 2. The second kappa shape index (κ2) is 7.21. The molecule has 1 saturated heterocycles. The number of nitrogens with one attached hydrogen (secondary N) is 1. The Bertz CT molecular complexity index is 766. The van der Waals surface area contributed by atoms with E-state index in [1.165, 1.54) is 0 Å². The average Bonchev–Trinajstić information content (AvgIpc) is 3.17. The Morgan fingerprint density at radius 1 is 1.28 bits per heavy atom. The van der Waals surface area contributed by atoms with Crippen molar-refractivity contribution in [3.8, 4) is 5.75 Å². The van der Waals surface area contributed by atoms with E-state index in [0.717, 1.165) is 42.3 Å². The second-order valence-corrected chi connectivity index (χ2v) is 6.70. The van der Waals surface area contributed by atoms with Crippen molar-refractivity contribution in [1.82, 2.24) is 5.32 Å². The number of benzene rings is 1. The maximum Gasteiger partial charge on any atom is 0.255 e. The van der Waals surface area contributed by atoms with Crippen LogP contribution in [-0.2, 0) is 0 Å². The highest BCUT2D eigenvalue weighted by molar-refractivity contribution is 5.96. The molecular weight excluding hydrogens is 316 g/mol. The van der Waals surface area contributed by atoms with E-state index in [2.05, 4.69) is 16.3 Å². The molecule has 1 unspecified atom stereocenters. The van der Waals surface area contributed by atoms with Gasteiger partial charge in [-0.3, -0.25) is 4.79 Å². The molecule has 5 heteroatoms. The molecule has 3 rings (SSSR count). The lowest BCUT2D eigenvalue weighted by Crippen LogP contribution is -2.31. The van der Waals surface area contributed by atoms with E-state index in [4.69, 9.17) is 9.15 Å². The zero-order valence-electron chi connectivity index (χ0n) is 15.4. The van der Waals surface area contributed by atoms with E-state index in [-0.39, 0.29) is 5.91 Å². The highest BCUT2D eigenvalue weighted by Gasteiger charge is 2.26. The zero-order valence-corrected chi connectivity index (χ0v) is 15.4. The summed E-state index contributed by atoms with van der Waals surface area (Å²) < 4.78 is 11.0. The van der Waals surface area contributed by atoms with Crippen LogP contribution in [0.3, 0.4) is 0 Å². The molecule has 2 heterocycles. The Labute approximate surface area is 149 Å². The fourth-order valence-corrected chi connectivity index (χ4v) is 3.56. The lowest BCUT2D eigenvalue weighted by Gasteiger charge is -2.21. The van der Waals surface area contributed by atoms with Crippen LogP contribution in [0.15, 0.2) is 28.7 Å². The fraction of sp³-hybridized carbons (Fsp3) is 0.450. The van der Waals surface area contributed by atoms with E-state index in [1.54, 1.807) is 7.11 Å². The molecule has 0 radical (unpaired) electrons. The van der Waals surface area contributed by atoms with Crippen molar-refractivity contribution in [3.05, 3.63) is 46.9 Å². The van der Waals surface area contributed by atoms with Gasteiger partial charge in [-0.15, -0.1) is 0 Å². The van der Waals surface area contributed by atoms with Crippen LogP contribution in [0.2, 0.25) is 0 Å². The predicted molar refractivity (Wildman–Crippen MR) is 98.6 cm³/mol. The Hall–Kier alpha value is -2.43. The summed E-state index contributed by atoms with van der Waals surface area (Å²) in [6.07, 6.45) is 1.06. The maximum atomic E-state index is 12.5. The van der Waals surface area contributed by atoms with Crippen molar-refractivity contribution in [2.75, 3.05) is 31.6 Å². The van der Waals surface area contributed by atoms with Gasteiger partial charge in [-0.2, -0.15) is 0 Å². The minimum absolute atomic E-state index is 0.0393. The molecule has 1 aromatic heterocycles. The number of hydrogen-bond donors (Lipinski definition) is 1. The highest BCUT2D eigenvalue weighted by atomic mass is 16.5. The van der Waals surface area contributed by atoms with Crippen molar-refractivity contribution < 1.29 is 13.9 Å². The number of nitrogens with zero attached hydrogens (tertiary/aromatic N) is 1. The van der Waals surface area contributed by atoms with Crippen molar-refractivity contribution >= 4 is 11.6 Å².